The van der Waals surface area contributed by atoms with E-state index in [-0.39, 0.29) is 0 Å². The van der Waals surface area contributed by atoms with Crippen LogP contribution in [0.3, 0.4) is 0 Å². The molecular weight excluding hydrogens is 795 g/mol. The summed E-state index contributed by atoms with van der Waals surface area (Å²) in [6.45, 7) is 0. The van der Waals surface area contributed by atoms with Crippen molar-refractivity contribution in [1.82, 2.24) is 0 Å². The van der Waals surface area contributed by atoms with Gasteiger partial charge < -0.3 is 9.32 Å². The van der Waals surface area contributed by atoms with Gasteiger partial charge in [0.1, 0.15) is 11.2 Å². The summed E-state index contributed by atoms with van der Waals surface area (Å²) < 4.78 is 8.81. The molecule has 2 nitrogen and oxygen atoms in total. The van der Waals surface area contributed by atoms with Crippen LogP contribution in [0.1, 0.15) is 22.3 Å². The quantitative estimate of drug-likeness (QED) is 0.159. The zero-order chi connectivity index (χ0) is 42.2. The molecule has 13 rings (SSSR count). The molecule has 0 radical (unpaired) electrons. The molecule has 0 unspecified atom stereocenters. The van der Waals surface area contributed by atoms with Crippen LogP contribution in [0.2, 0.25) is 0 Å². The first-order valence-electron chi connectivity index (χ1n) is 21.9. The van der Waals surface area contributed by atoms with E-state index in [1.54, 1.807) is 0 Å². The molecule has 0 atom stereocenters. The van der Waals surface area contributed by atoms with Crippen LogP contribution in [0.25, 0.3) is 75.5 Å². The van der Waals surface area contributed by atoms with Gasteiger partial charge in [-0.2, -0.15) is 0 Å². The van der Waals surface area contributed by atoms with Gasteiger partial charge in [0.15, 0.2) is 0 Å². The smallest absolute Gasteiger partial charge is 0.135 e. The summed E-state index contributed by atoms with van der Waals surface area (Å²) in [7, 11) is 0. The lowest BCUT2D eigenvalue weighted by atomic mass is 9.67. The summed E-state index contributed by atoms with van der Waals surface area (Å²) >= 11 is 1.87. The molecule has 0 fully saturated rings. The van der Waals surface area contributed by atoms with E-state index in [0.29, 0.717) is 0 Å². The van der Waals surface area contributed by atoms with Crippen molar-refractivity contribution in [2.75, 3.05) is 4.90 Å². The van der Waals surface area contributed by atoms with Crippen molar-refractivity contribution in [3.8, 4) is 33.4 Å². The molecule has 1 aliphatic rings. The maximum absolute atomic E-state index is 6.18. The number of thiophene rings is 1. The van der Waals surface area contributed by atoms with Crippen molar-refractivity contribution in [3.63, 3.8) is 0 Å². The lowest BCUT2D eigenvalue weighted by Gasteiger charge is -2.35. The van der Waals surface area contributed by atoms with Crippen molar-refractivity contribution >= 4 is 70.5 Å². The second-order valence-corrected chi connectivity index (χ2v) is 17.8. The average molecular weight is 834 g/mol. The van der Waals surface area contributed by atoms with Gasteiger partial charge in [0.05, 0.1) is 5.41 Å². The van der Waals surface area contributed by atoms with Gasteiger partial charge in [0.2, 0.25) is 0 Å². The predicted octanol–water partition coefficient (Wildman–Crippen LogP) is 17.1. The molecule has 12 aromatic rings. The zero-order valence-electron chi connectivity index (χ0n) is 34.8. The minimum atomic E-state index is -0.511. The fraction of sp³-hybridized carbons (Fsp3) is 0.0164. The van der Waals surface area contributed by atoms with Crippen LogP contribution in [-0.4, -0.2) is 0 Å². The topological polar surface area (TPSA) is 16.4 Å². The molecule has 2 heterocycles. The molecule has 1 aliphatic carbocycles. The zero-order valence-corrected chi connectivity index (χ0v) is 35.6. The number of hydrogen-bond donors (Lipinski definition) is 0. The van der Waals surface area contributed by atoms with Gasteiger partial charge in [-0.05, 0) is 116 Å². The van der Waals surface area contributed by atoms with E-state index >= 15 is 0 Å². The van der Waals surface area contributed by atoms with Gasteiger partial charge in [0.25, 0.3) is 0 Å². The maximum Gasteiger partial charge on any atom is 0.135 e. The van der Waals surface area contributed by atoms with Crippen LogP contribution in [0, 0.1) is 0 Å². The van der Waals surface area contributed by atoms with Crippen LogP contribution in [-0.2, 0) is 5.41 Å². The highest BCUT2D eigenvalue weighted by atomic mass is 32.1. The number of fused-ring (bicyclic) bond motifs is 9. The molecule has 64 heavy (non-hydrogen) atoms. The van der Waals surface area contributed by atoms with Crippen molar-refractivity contribution in [1.29, 1.82) is 0 Å². The third-order valence-corrected chi connectivity index (χ3v) is 14.6. The van der Waals surface area contributed by atoms with E-state index in [1.165, 1.54) is 64.7 Å². The van der Waals surface area contributed by atoms with Crippen LogP contribution in [0.5, 0.6) is 0 Å². The third-order valence-electron chi connectivity index (χ3n) is 13.4. The third kappa shape index (κ3) is 5.58. The minimum absolute atomic E-state index is 0.511. The Hall–Kier alpha value is -7.98. The van der Waals surface area contributed by atoms with Gasteiger partial charge in [-0.1, -0.05) is 176 Å². The van der Waals surface area contributed by atoms with E-state index in [0.717, 1.165) is 50.1 Å². The molecule has 0 aliphatic heterocycles. The molecule has 0 spiro atoms. The van der Waals surface area contributed by atoms with Gasteiger partial charge in [-0.3, -0.25) is 0 Å². The van der Waals surface area contributed by atoms with Gasteiger partial charge >= 0.3 is 0 Å². The van der Waals surface area contributed by atoms with E-state index in [1.807, 2.05) is 23.5 Å². The minimum Gasteiger partial charge on any atom is -0.456 e. The van der Waals surface area contributed by atoms with Gasteiger partial charge in [0, 0.05) is 48.0 Å². The van der Waals surface area contributed by atoms with E-state index in [4.69, 9.17) is 4.42 Å². The molecule has 0 amide bonds. The standard InChI is InChI=1S/C61H39NOS/c1-2-14-43(15-3-1)61(55-24-8-4-18-49(55)50-19-5-9-25-56(50)61)44-16-12-17-47(39-44)62(45-33-28-40(29-34-45)42-32-37-58-54(38-42)51-20-6-10-26-57(51)63-58)46-35-30-41(31-36-46)48-22-13-23-53-52-21-7-11-27-59(52)64-60(48)53/h1-39H. The molecule has 0 saturated heterocycles. The Morgan fingerprint density at radius 3 is 1.67 bits per heavy atom. The fourth-order valence-corrected chi connectivity index (χ4v) is 11.7. The Morgan fingerprint density at radius 1 is 0.344 bits per heavy atom. The molecule has 10 aromatic carbocycles. The van der Waals surface area contributed by atoms with Crippen molar-refractivity contribution in [2.24, 2.45) is 0 Å². The molecular formula is C61H39NOS. The highest BCUT2D eigenvalue weighted by Crippen LogP contribution is 2.56. The second-order valence-electron chi connectivity index (χ2n) is 16.8. The number of rotatable bonds is 7. The largest absolute Gasteiger partial charge is 0.456 e. The van der Waals surface area contributed by atoms with Crippen LogP contribution < -0.4 is 4.90 Å². The monoisotopic (exact) mass is 833 g/mol. The van der Waals surface area contributed by atoms with Crippen LogP contribution in [0.4, 0.5) is 17.1 Å². The number of anilines is 3. The fourth-order valence-electron chi connectivity index (χ4n) is 10.5. The van der Waals surface area contributed by atoms with Crippen molar-refractivity contribution in [3.05, 3.63) is 259 Å². The molecule has 3 heteroatoms. The molecule has 0 N–H and O–H groups in total. The molecule has 2 aromatic heterocycles. The first kappa shape index (κ1) is 36.7. The van der Waals surface area contributed by atoms with Gasteiger partial charge in [-0.15, -0.1) is 11.3 Å². The summed E-state index contributed by atoms with van der Waals surface area (Å²) in [5, 5.41) is 4.89. The number of benzene rings is 10. The summed E-state index contributed by atoms with van der Waals surface area (Å²) in [6, 6.07) is 86.6. The van der Waals surface area contributed by atoms with E-state index in [2.05, 4.69) is 229 Å². The number of para-hydroxylation sites is 1. The average Bonchev–Trinajstić information content (AvgIpc) is 4.03. The Labute approximate surface area is 375 Å². The number of hydrogen-bond acceptors (Lipinski definition) is 3. The van der Waals surface area contributed by atoms with Gasteiger partial charge in [-0.25, -0.2) is 0 Å². The number of furan rings is 1. The van der Waals surface area contributed by atoms with E-state index < -0.39 is 5.41 Å². The van der Waals surface area contributed by atoms with Crippen molar-refractivity contribution in [2.45, 2.75) is 5.41 Å². The Balaban J connectivity index is 0.973. The highest BCUT2D eigenvalue weighted by molar-refractivity contribution is 7.26. The normalized spacial score (nSPS) is 12.8. The van der Waals surface area contributed by atoms with Crippen LogP contribution in [0.15, 0.2) is 241 Å². The number of nitrogens with zero attached hydrogens (tertiary/aromatic N) is 1. The Bertz CT molecular complexity index is 3680. The molecule has 0 saturated carbocycles. The summed E-state index contributed by atoms with van der Waals surface area (Å²) in [5.41, 5.74) is 17.0. The van der Waals surface area contributed by atoms with E-state index in [9.17, 15) is 0 Å². The SMILES string of the molecule is c1ccc(C2(c3cccc(N(c4ccc(-c5ccc6oc7ccccc7c6c5)cc4)c4ccc(-c5cccc6c5sc5ccccc56)cc4)c3)c3ccccc3-c3ccccc32)cc1. The molecule has 300 valence electrons. The van der Waals surface area contributed by atoms with Crippen LogP contribution >= 0.6 is 11.3 Å². The summed E-state index contributed by atoms with van der Waals surface area (Å²) in [4.78, 5) is 2.41. The second kappa shape index (κ2) is 14.6. The molecule has 0 bridgehead atoms. The summed E-state index contributed by atoms with van der Waals surface area (Å²) in [5.74, 6) is 0. The highest BCUT2D eigenvalue weighted by Gasteiger charge is 2.46. The lowest BCUT2D eigenvalue weighted by molar-refractivity contribution is 0.669. The first-order valence-corrected chi connectivity index (χ1v) is 22.7. The lowest BCUT2D eigenvalue weighted by Crippen LogP contribution is -2.28. The Kier molecular flexibility index (Phi) is 8.34. The summed E-state index contributed by atoms with van der Waals surface area (Å²) in [6.07, 6.45) is 0. The van der Waals surface area contributed by atoms with Crippen molar-refractivity contribution < 1.29 is 4.42 Å². The maximum atomic E-state index is 6.18. The Morgan fingerprint density at radius 2 is 0.906 bits per heavy atom. The first-order chi connectivity index (χ1) is 31.7. The predicted molar refractivity (Wildman–Crippen MR) is 269 cm³/mol.